The van der Waals surface area contributed by atoms with Gasteiger partial charge in [-0.1, -0.05) is 31.5 Å². The van der Waals surface area contributed by atoms with E-state index in [1.54, 1.807) is 4.90 Å². The number of anilines is 1. The van der Waals surface area contributed by atoms with E-state index in [0.29, 0.717) is 12.5 Å². The van der Waals surface area contributed by atoms with E-state index in [9.17, 15) is 9.59 Å². The number of nitrogens with zero attached hydrogens (tertiary/aromatic N) is 1. The predicted octanol–water partition coefficient (Wildman–Crippen LogP) is 2.83. The molecule has 0 heterocycles. The quantitative estimate of drug-likeness (QED) is 0.868. The second kappa shape index (κ2) is 7.68. The molecule has 0 aromatic heterocycles. The fourth-order valence-corrected chi connectivity index (χ4v) is 1.77. The van der Waals surface area contributed by atoms with Gasteiger partial charge in [0.05, 0.1) is 6.54 Å². The van der Waals surface area contributed by atoms with Crippen molar-refractivity contribution in [3.63, 3.8) is 0 Å². The van der Waals surface area contributed by atoms with Crippen LogP contribution in [0.15, 0.2) is 24.3 Å². The molecule has 4 nitrogen and oxygen atoms in total. The summed E-state index contributed by atoms with van der Waals surface area (Å²) in [6, 6.07) is 7.60. The van der Waals surface area contributed by atoms with E-state index in [1.165, 1.54) is 6.92 Å². The molecule has 1 rings (SSSR count). The topological polar surface area (TPSA) is 49.4 Å². The summed E-state index contributed by atoms with van der Waals surface area (Å²) in [4.78, 5) is 25.1. The molecular weight excluding hydrogens is 252 g/mol. The first-order valence-electron chi connectivity index (χ1n) is 7.00. The van der Waals surface area contributed by atoms with Gasteiger partial charge in [-0.15, -0.1) is 0 Å². The summed E-state index contributed by atoms with van der Waals surface area (Å²) in [7, 11) is 0. The van der Waals surface area contributed by atoms with Crippen molar-refractivity contribution in [3.8, 4) is 0 Å². The van der Waals surface area contributed by atoms with E-state index in [-0.39, 0.29) is 18.4 Å². The van der Waals surface area contributed by atoms with Crippen molar-refractivity contribution in [2.24, 2.45) is 5.92 Å². The number of carbonyl (C=O) groups is 2. The average molecular weight is 276 g/mol. The highest BCUT2D eigenvalue weighted by Gasteiger charge is 2.14. The number of hydrogen-bond acceptors (Lipinski definition) is 2. The van der Waals surface area contributed by atoms with E-state index >= 15 is 0 Å². The molecule has 0 aliphatic heterocycles. The van der Waals surface area contributed by atoms with Crippen molar-refractivity contribution in [2.75, 3.05) is 18.4 Å². The van der Waals surface area contributed by atoms with E-state index in [1.807, 2.05) is 31.2 Å². The second-order valence-corrected chi connectivity index (χ2v) is 5.54. The summed E-state index contributed by atoms with van der Waals surface area (Å²) in [5, 5.41) is 2.81. The van der Waals surface area contributed by atoms with Crippen molar-refractivity contribution in [3.05, 3.63) is 29.8 Å². The highest BCUT2D eigenvalue weighted by Crippen LogP contribution is 2.09. The summed E-state index contributed by atoms with van der Waals surface area (Å²) in [6.45, 7) is 8.42. The molecule has 1 aromatic carbocycles. The predicted molar refractivity (Wildman–Crippen MR) is 81.5 cm³/mol. The largest absolute Gasteiger partial charge is 0.334 e. The second-order valence-electron chi connectivity index (χ2n) is 5.54. The van der Waals surface area contributed by atoms with Crippen LogP contribution in [0.3, 0.4) is 0 Å². The lowest BCUT2D eigenvalue weighted by molar-refractivity contribution is -0.132. The van der Waals surface area contributed by atoms with Crippen LogP contribution in [0.2, 0.25) is 0 Å². The third-order valence-electron chi connectivity index (χ3n) is 3.09. The Bertz CT molecular complexity index is 452. The van der Waals surface area contributed by atoms with Gasteiger partial charge in [-0.3, -0.25) is 9.59 Å². The van der Waals surface area contributed by atoms with Gasteiger partial charge in [0.2, 0.25) is 11.8 Å². The maximum atomic E-state index is 12.0. The molecule has 0 aliphatic carbocycles. The Morgan fingerprint density at radius 3 is 2.30 bits per heavy atom. The van der Waals surface area contributed by atoms with Crippen molar-refractivity contribution >= 4 is 17.5 Å². The van der Waals surface area contributed by atoms with E-state index < -0.39 is 0 Å². The molecule has 0 unspecified atom stereocenters. The first-order valence-corrected chi connectivity index (χ1v) is 7.00. The van der Waals surface area contributed by atoms with Gasteiger partial charge in [-0.25, -0.2) is 0 Å². The van der Waals surface area contributed by atoms with Gasteiger partial charge >= 0.3 is 0 Å². The van der Waals surface area contributed by atoms with E-state index in [0.717, 1.165) is 17.7 Å². The molecule has 1 aromatic rings. The Kier molecular flexibility index (Phi) is 6.22. The molecule has 4 heteroatoms. The maximum Gasteiger partial charge on any atom is 0.243 e. The summed E-state index contributed by atoms with van der Waals surface area (Å²) in [6.07, 6.45) is 0.900. The third-order valence-corrected chi connectivity index (χ3v) is 3.09. The summed E-state index contributed by atoms with van der Waals surface area (Å²) in [5.41, 5.74) is 1.90. The van der Waals surface area contributed by atoms with Crippen LogP contribution in [0.1, 0.15) is 32.8 Å². The Morgan fingerprint density at radius 2 is 1.80 bits per heavy atom. The van der Waals surface area contributed by atoms with Crippen LogP contribution in [0.4, 0.5) is 5.69 Å². The molecule has 0 aliphatic rings. The third kappa shape index (κ3) is 5.87. The first kappa shape index (κ1) is 16.2. The molecule has 2 amide bonds. The Hall–Kier alpha value is -1.84. The molecule has 0 saturated heterocycles. The number of carbonyl (C=O) groups excluding carboxylic acids is 2. The smallest absolute Gasteiger partial charge is 0.243 e. The van der Waals surface area contributed by atoms with E-state index in [2.05, 4.69) is 19.2 Å². The van der Waals surface area contributed by atoms with Crippen LogP contribution in [-0.4, -0.2) is 29.8 Å². The Morgan fingerprint density at radius 1 is 1.20 bits per heavy atom. The minimum Gasteiger partial charge on any atom is -0.334 e. The fraction of sp³-hybridized carbons (Fsp3) is 0.500. The zero-order valence-electron chi connectivity index (χ0n) is 12.8. The van der Waals surface area contributed by atoms with Gasteiger partial charge in [0.15, 0.2) is 0 Å². The summed E-state index contributed by atoms with van der Waals surface area (Å²) >= 11 is 0. The Labute approximate surface area is 121 Å². The highest BCUT2D eigenvalue weighted by molar-refractivity contribution is 5.94. The van der Waals surface area contributed by atoms with Gasteiger partial charge < -0.3 is 10.2 Å². The molecule has 0 bridgehead atoms. The van der Waals surface area contributed by atoms with Crippen LogP contribution >= 0.6 is 0 Å². The standard InChI is InChI=1S/C16H24N2O2/c1-12(2)9-10-18(14(4)19)11-16(20)17-15-7-5-13(3)6-8-15/h5-8,12H,9-11H2,1-4H3,(H,17,20). The number of hydrogen-bond donors (Lipinski definition) is 1. The molecule has 20 heavy (non-hydrogen) atoms. The molecule has 0 saturated carbocycles. The van der Waals surface area contributed by atoms with Crippen LogP contribution in [0.5, 0.6) is 0 Å². The molecule has 0 spiro atoms. The number of aryl methyl sites for hydroxylation is 1. The number of amides is 2. The van der Waals surface area contributed by atoms with Gasteiger partial charge in [0.1, 0.15) is 0 Å². The first-order chi connectivity index (χ1) is 9.38. The van der Waals surface area contributed by atoms with Crippen LogP contribution < -0.4 is 5.32 Å². The minimum atomic E-state index is -0.159. The zero-order valence-corrected chi connectivity index (χ0v) is 12.8. The lowest BCUT2D eigenvalue weighted by Gasteiger charge is -2.21. The SMILES string of the molecule is CC(=O)N(CCC(C)C)CC(=O)Nc1ccc(C)cc1. The molecular formula is C16H24N2O2. The van der Waals surface area contributed by atoms with Crippen LogP contribution in [-0.2, 0) is 9.59 Å². The minimum absolute atomic E-state index is 0.0651. The molecule has 110 valence electrons. The number of nitrogens with one attached hydrogen (secondary N) is 1. The summed E-state index contributed by atoms with van der Waals surface area (Å²) < 4.78 is 0. The summed E-state index contributed by atoms with van der Waals surface area (Å²) in [5.74, 6) is 0.287. The molecule has 0 atom stereocenters. The molecule has 0 fully saturated rings. The Balaban J connectivity index is 2.53. The average Bonchev–Trinajstić information content (AvgIpc) is 2.36. The number of benzene rings is 1. The number of rotatable bonds is 6. The van der Waals surface area contributed by atoms with Crippen molar-refractivity contribution < 1.29 is 9.59 Å². The van der Waals surface area contributed by atoms with Crippen molar-refractivity contribution in [1.29, 1.82) is 0 Å². The highest BCUT2D eigenvalue weighted by atomic mass is 16.2. The van der Waals surface area contributed by atoms with Gasteiger partial charge in [0, 0.05) is 19.2 Å². The van der Waals surface area contributed by atoms with Gasteiger partial charge in [-0.2, -0.15) is 0 Å². The van der Waals surface area contributed by atoms with Crippen molar-refractivity contribution in [1.82, 2.24) is 4.90 Å². The normalized spacial score (nSPS) is 10.4. The fourth-order valence-electron chi connectivity index (χ4n) is 1.77. The van der Waals surface area contributed by atoms with Crippen LogP contribution in [0.25, 0.3) is 0 Å². The van der Waals surface area contributed by atoms with Crippen molar-refractivity contribution in [2.45, 2.75) is 34.1 Å². The zero-order chi connectivity index (χ0) is 15.1. The molecule has 0 radical (unpaired) electrons. The molecule has 1 N–H and O–H groups in total. The lowest BCUT2D eigenvalue weighted by Crippen LogP contribution is -2.37. The van der Waals surface area contributed by atoms with Gasteiger partial charge in [0.25, 0.3) is 0 Å². The lowest BCUT2D eigenvalue weighted by atomic mass is 10.1. The van der Waals surface area contributed by atoms with Crippen LogP contribution in [0, 0.1) is 12.8 Å². The monoisotopic (exact) mass is 276 g/mol. The van der Waals surface area contributed by atoms with E-state index in [4.69, 9.17) is 0 Å². The maximum absolute atomic E-state index is 12.0. The van der Waals surface area contributed by atoms with Gasteiger partial charge in [-0.05, 0) is 31.4 Å².